The Hall–Kier alpha value is -4.48. The van der Waals surface area contributed by atoms with Crippen molar-refractivity contribution in [1.29, 1.82) is 5.26 Å². The molecule has 38 heavy (non-hydrogen) atoms. The van der Waals surface area contributed by atoms with Gasteiger partial charge in [0.15, 0.2) is 18.1 Å². The van der Waals surface area contributed by atoms with Gasteiger partial charge in [0.2, 0.25) is 0 Å². The van der Waals surface area contributed by atoms with E-state index in [1.54, 1.807) is 49.4 Å². The summed E-state index contributed by atoms with van der Waals surface area (Å²) in [5, 5.41) is 15.2. The van der Waals surface area contributed by atoms with Crippen molar-refractivity contribution in [2.45, 2.75) is 20.8 Å². The normalized spacial score (nSPS) is 10.8. The molecule has 0 atom stereocenters. The highest BCUT2D eigenvalue weighted by Gasteiger charge is 2.16. The number of nitriles is 1. The molecule has 3 aromatic carbocycles. The number of carbonyl (C=O) groups is 2. The number of ether oxygens (including phenoxy) is 3. The van der Waals surface area contributed by atoms with Crippen molar-refractivity contribution in [2.24, 2.45) is 0 Å². The first-order valence-electron chi connectivity index (χ1n) is 11.9. The van der Waals surface area contributed by atoms with Gasteiger partial charge in [-0.3, -0.25) is 9.59 Å². The van der Waals surface area contributed by atoms with Crippen LogP contribution in [0.25, 0.3) is 6.08 Å². The highest BCUT2D eigenvalue weighted by atomic mass is 35.5. The maximum absolute atomic E-state index is 12.7. The number of aryl methyl sites for hydroxylation is 1. The van der Waals surface area contributed by atoms with E-state index < -0.39 is 5.91 Å². The smallest absolute Gasteiger partial charge is 0.266 e. The van der Waals surface area contributed by atoms with Crippen LogP contribution in [0.1, 0.15) is 25.0 Å². The number of nitrogens with zero attached hydrogens (tertiary/aromatic N) is 1. The lowest BCUT2D eigenvalue weighted by Crippen LogP contribution is -2.20. The molecule has 0 heterocycles. The first-order chi connectivity index (χ1) is 18.3. The number of anilines is 2. The van der Waals surface area contributed by atoms with Crippen molar-refractivity contribution in [3.8, 4) is 23.3 Å². The molecule has 0 radical (unpaired) electrons. The van der Waals surface area contributed by atoms with E-state index in [1.807, 2.05) is 32.0 Å². The predicted molar refractivity (Wildman–Crippen MR) is 148 cm³/mol. The van der Waals surface area contributed by atoms with Crippen LogP contribution in [0.4, 0.5) is 11.4 Å². The highest BCUT2D eigenvalue weighted by Crippen LogP contribution is 2.37. The van der Waals surface area contributed by atoms with E-state index in [2.05, 4.69) is 10.6 Å². The van der Waals surface area contributed by atoms with E-state index in [4.69, 9.17) is 25.8 Å². The molecule has 0 unspecified atom stereocenters. The Morgan fingerprint density at radius 1 is 0.921 bits per heavy atom. The van der Waals surface area contributed by atoms with E-state index >= 15 is 0 Å². The number of hydrogen-bond donors (Lipinski definition) is 2. The van der Waals surface area contributed by atoms with Gasteiger partial charge in [-0.25, -0.2) is 0 Å². The van der Waals surface area contributed by atoms with Gasteiger partial charge < -0.3 is 24.8 Å². The van der Waals surface area contributed by atoms with Gasteiger partial charge in [0, 0.05) is 11.4 Å². The lowest BCUT2D eigenvalue weighted by atomic mass is 10.1. The quantitative estimate of drug-likeness (QED) is 0.231. The average Bonchev–Trinajstić information content (AvgIpc) is 2.89. The molecule has 3 aromatic rings. The fourth-order valence-electron chi connectivity index (χ4n) is 3.36. The van der Waals surface area contributed by atoms with Gasteiger partial charge in [0.25, 0.3) is 11.8 Å². The molecule has 0 aromatic heterocycles. The molecule has 9 heteroatoms. The molecule has 196 valence electrons. The lowest BCUT2D eigenvalue weighted by molar-refractivity contribution is -0.118. The van der Waals surface area contributed by atoms with Crippen LogP contribution < -0.4 is 24.8 Å². The topological polar surface area (TPSA) is 110 Å². The molecule has 3 rings (SSSR count). The van der Waals surface area contributed by atoms with Crippen LogP contribution >= 0.6 is 11.6 Å². The zero-order valence-electron chi connectivity index (χ0n) is 21.3. The summed E-state index contributed by atoms with van der Waals surface area (Å²) in [7, 11) is 0. The summed E-state index contributed by atoms with van der Waals surface area (Å²) in [4.78, 5) is 25.1. The molecular formula is C29H28ClN3O5. The van der Waals surface area contributed by atoms with Crippen molar-refractivity contribution < 1.29 is 23.8 Å². The third-order valence-electron chi connectivity index (χ3n) is 5.11. The summed E-state index contributed by atoms with van der Waals surface area (Å²) in [5.41, 5.74) is 2.56. The van der Waals surface area contributed by atoms with E-state index in [9.17, 15) is 14.9 Å². The zero-order valence-corrected chi connectivity index (χ0v) is 22.1. The molecule has 0 spiro atoms. The summed E-state index contributed by atoms with van der Waals surface area (Å²) in [6, 6.07) is 19.2. The predicted octanol–water partition coefficient (Wildman–Crippen LogP) is 6.01. The van der Waals surface area contributed by atoms with E-state index in [0.717, 1.165) is 5.56 Å². The molecule has 0 aliphatic rings. The molecule has 0 aliphatic heterocycles. The van der Waals surface area contributed by atoms with Gasteiger partial charge in [0.1, 0.15) is 17.4 Å². The van der Waals surface area contributed by atoms with Gasteiger partial charge in [-0.1, -0.05) is 29.3 Å². The molecule has 0 aliphatic carbocycles. The highest BCUT2D eigenvalue weighted by molar-refractivity contribution is 6.32. The molecule has 2 amide bonds. The Balaban J connectivity index is 1.74. The Morgan fingerprint density at radius 3 is 2.18 bits per heavy atom. The van der Waals surface area contributed by atoms with Gasteiger partial charge in [0.05, 0.1) is 18.2 Å². The Labute approximate surface area is 226 Å². The maximum atomic E-state index is 12.7. The second-order valence-electron chi connectivity index (χ2n) is 8.05. The average molecular weight is 534 g/mol. The fourth-order valence-corrected chi connectivity index (χ4v) is 3.63. The van der Waals surface area contributed by atoms with E-state index in [-0.39, 0.29) is 34.6 Å². The van der Waals surface area contributed by atoms with Crippen molar-refractivity contribution >= 4 is 40.9 Å². The number of nitrogens with one attached hydrogen (secondary N) is 2. The first kappa shape index (κ1) is 28.1. The number of halogens is 1. The molecule has 0 bridgehead atoms. The monoisotopic (exact) mass is 533 g/mol. The van der Waals surface area contributed by atoms with Crippen LogP contribution in [0.5, 0.6) is 17.2 Å². The molecule has 0 saturated heterocycles. The third-order valence-corrected chi connectivity index (χ3v) is 5.39. The van der Waals surface area contributed by atoms with Crippen LogP contribution in [-0.2, 0) is 9.59 Å². The minimum Gasteiger partial charge on any atom is -0.494 e. The van der Waals surface area contributed by atoms with Gasteiger partial charge in [-0.15, -0.1) is 0 Å². The number of rotatable bonds is 11. The van der Waals surface area contributed by atoms with Crippen molar-refractivity contribution in [2.75, 3.05) is 30.5 Å². The van der Waals surface area contributed by atoms with Crippen LogP contribution in [0.15, 0.2) is 66.2 Å². The number of hydrogen-bond acceptors (Lipinski definition) is 6. The van der Waals surface area contributed by atoms with Crippen molar-refractivity contribution in [3.63, 3.8) is 0 Å². The van der Waals surface area contributed by atoms with Crippen LogP contribution in [-0.4, -0.2) is 31.6 Å². The summed E-state index contributed by atoms with van der Waals surface area (Å²) in [6.45, 7) is 6.16. The van der Waals surface area contributed by atoms with Gasteiger partial charge in [-0.05, 0) is 80.9 Å². The van der Waals surface area contributed by atoms with Gasteiger partial charge >= 0.3 is 0 Å². The first-order valence-corrected chi connectivity index (χ1v) is 12.3. The molecular weight excluding hydrogens is 506 g/mol. The second-order valence-corrected chi connectivity index (χ2v) is 8.45. The standard InChI is InChI=1S/C29H28ClN3O5/c1-4-36-24-12-10-23(11-13-24)33-29(35)21(17-31)14-20-15-25(30)28(26(16-20)37-5-2)38-18-27(34)32-22-8-6-19(3)7-9-22/h6-16H,4-5,18H2,1-3H3,(H,32,34)(H,33,35)/b21-14+. The minimum atomic E-state index is -0.584. The maximum Gasteiger partial charge on any atom is 0.266 e. The summed E-state index contributed by atoms with van der Waals surface area (Å²) in [5.74, 6) is 0.183. The summed E-state index contributed by atoms with van der Waals surface area (Å²) >= 11 is 6.45. The molecule has 8 nitrogen and oxygen atoms in total. The minimum absolute atomic E-state index is 0.136. The zero-order chi connectivity index (χ0) is 27.5. The van der Waals surface area contributed by atoms with Gasteiger partial charge in [-0.2, -0.15) is 5.26 Å². The molecule has 2 N–H and O–H groups in total. The lowest BCUT2D eigenvalue weighted by Gasteiger charge is -2.15. The van der Waals surface area contributed by atoms with Crippen molar-refractivity contribution in [3.05, 3.63) is 82.4 Å². The molecule has 0 saturated carbocycles. The molecule has 0 fully saturated rings. The number of amides is 2. The van der Waals surface area contributed by atoms with Crippen molar-refractivity contribution in [1.82, 2.24) is 0 Å². The second kappa shape index (κ2) is 13.7. The largest absolute Gasteiger partial charge is 0.494 e. The summed E-state index contributed by atoms with van der Waals surface area (Å²) in [6.07, 6.45) is 1.40. The third kappa shape index (κ3) is 8.02. The SMILES string of the molecule is CCOc1ccc(NC(=O)/C(C#N)=C/c2cc(Cl)c(OCC(=O)Nc3ccc(C)cc3)c(OCC)c2)cc1. The number of benzene rings is 3. The van der Waals surface area contributed by atoms with Crippen LogP contribution in [0, 0.1) is 18.3 Å². The van der Waals surface area contributed by atoms with E-state index in [1.165, 1.54) is 12.1 Å². The Kier molecular flexibility index (Phi) is 10.1. The summed E-state index contributed by atoms with van der Waals surface area (Å²) < 4.78 is 16.7. The van der Waals surface area contributed by atoms with Crippen LogP contribution in [0.2, 0.25) is 5.02 Å². The fraction of sp³-hybridized carbons (Fsp3) is 0.207. The Bertz CT molecular complexity index is 1350. The van der Waals surface area contributed by atoms with Crippen LogP contribution in [0.3, 0.4) is 0 Å². The Morgan fingerprint density at radius 2 is 1.55 bits per heavy atom. The number of carbonyl (C=O) groups excluding carboxylic acids is 2. The van der Waals surface area contributed by atoms with E-state index in [0.29, 0.717) is 35.9 Å².